The van der Waals surface area contributed by atoms with E-state index in [1.54, 1.807) is 17.0 Å². The molecule has 1 aliphatic rings. The number of hydrogen-bond acceptors (Lipinski definition) is 5. The van der Waals surface area contributed by atoms with Crippen LogP contribution < -0.4 is 4.74 Å². The van der Waals surface area contributed by atoms with Gasteiger partial charge in [0.1, 0.15) is 12.4 Å². The van der Waals surface area contributed by atoms with Crippen molar-refractivity contribution in [1.82, 2.24) is 4.90 Å². The molecule has 0 aromatic heterocycles. The first kappa shape index (κ1) is 26.2. The van der Waals surface area contributed by atoms with E-state index in [4.69, 9.17) is 14.3 Å². The molecule has 0 saturated carbocycles. The van der Waals surface area contributed by atoms with Crippen molar-refractivity contribution in [1.29, 1.82) is 0 Å². The highest BCUT2D eigenvalue weighted by atomic mass is 19.4. The molecule has 1 saturated heterocycles. The van der Waals surface area contributed by atoms with Crippen molar-refractivity contribution < 1.29 is 32.3 Å². The van der Waals surface area contributed by atoms with Gasteiger partial charge in [-0.15, -0.1) is 0 Å². The number of halogens is 3. The molecule has 0 N–H and O–H groups in total. The average molecular weight is 513 g/mol. The lowest BCUT2D eigenvalue weighted by molar-refractivity contribution is -0.138. The van der Waals surface area contributed by atoms with Crippen LogP contribution in [0.1, 0.15) is 22.3 Å². The van der Waals surface area contributed by atoms with Gasteiger partial charge < -0.3 is 19.2 Å². The van der Waals surface area contributed by atoms with E-state index in [1.165, 1.54) is 12.1 Å². The lowest BCUT2D eigenvalue weighted by Crippen LogP contribution is -2.42. The molecule has 4 rings (SSSR count). The van der Waals surface area contributed by atoms with Gasteiger partial charge in [0.25, 0.3) is 5.91 Å². The zero-order valence-corrected chi connectivity index (χ0v) is 20.1. The maximum atomic E-state index is 12.8. The summed E-state index contributed by atoms with van der Waals surface area (Å²) in [7, 11) is 0. The standard InChI is InChI=1S/C28H27F3N2O4/c29-28(30,31)24-10-6-22(7-11-24)19-37-32-26(18-21-4-2-1-3-5-21)23-8-12-25(13-9-23)36-20-27(34)33-14-16-35-17-15-33/h1-13H,14-20H2. The fourth-order valence-corrected chi connectivity index (χ4v) is 3.74. The summed E-state index contributed by atoms with van der Waals surface area (Å²) in [5.41, 5.74) is 2.33. The van der Waals surface area contributed by atoms with Gasteiger partial charge in [-0.05, 0) is 53.1 Å². The Balaban J connectivity index is 1.41. The van der Waals surface area contributed by atoms with Gasteiger partial charge in [0.2, 0.25) is 0 Å². The molecule has 0 atom stereocenters. The van der Waals surface area contributed by atoms with Crippen molar-refractivity contribution >= 4 is 11.6 Å². The van der Waals surface area contributed by atoms with Crippen molar-refractivity contribution in [3.05, 3.63) is 101 Å². The van der Waals surface area contributed by atoms with Crippen molar-refractivity contribution in [2.24, 2.45) is 5.16 Å². The Hall–Kier alpha value is -3.85. The quantitative estimate of drug-likeness (QED) is 0.296. The fraction of sp³-hybridized carbons (Fsp3) is 0.286. The van der Waals surface area contributed by atoms with Gasteiger partial charge in [0.15, 0.2) is 6.61 Å². The lowest BCUT2D eigenvalue weighted by Gasteiger charge is -2.26. The minimum absolute atomic E-state index is 0.0290. The molecular weight excluding hydrogens is 485 g/mol. The molecule has 0 unspecified atom stereocenters. The number of rotatable bonds is 9. The van der Waals surface area contributed by atoms with Gasteiger partial charge in [0, 0.05) is 19.5 Å². The van der Waals surface area contributed by atoms with Gasteiger partial charge in [-0.25, -0.2) is 0 Å². The lowest BCUT2D eigenvalue weighted by atomic mass is 10.0. The van der Waals surface area contributed by atoms with E-state index < -0.39 is 11.7 Å². The molecule has 3 aromatic carbocycles. The Morgan fingerprint density at radius 3 is 2.22 bits per heavy atom. The largest absolute Gasteiger partial charge is 0.484 e. The van der Waals surface area contributed by atoms with Crippen LogP contribution in [-0.2, 0) is 33.6 Å². The van der Waals surface area contributed by atoms with Gasteiger partial charge in [0.05, 0.1) is 24.5 Å². The number of hydrogen-bond donors (Lipinski definition) is 0. The van der Waals surface area contributed by atoms with Gasteiger partial charge in [-0.2, -0.15) is 13.2 Å². The molecule has 1 heterocycles. The molecule has 1 fully saturated rings. The van der Waals surface area contributed by atoms with Crippen LogP contribution in [0.15, 0.2) is 84.0 Å². The summed E-state index contributed by atoms with van der Waals surface area (Å²) in [6, 6.07) is 21.7. The molecule has 0 radical (unpaired) electrons. The van der Waals surface area contributed by atoms with E-state index in [2.05, 4.69) is 5.16 Å². The monoisotopic (exact) mass is 512 g/mol. The molecular formula is C28H27F3N2O4. The normalized spacial score (nSPS) is 14.4. The Morgan fingerprint density at radius 1 is 0.892 bits per heavy atom. The van der Waals surface area contributed by atoms with E-state index in [-0.39, 0.29) is 19.1 Å². The van der Waals surface area contributed by atoms with Crippen LogP contribution in [0.25, 0.3) is 0 Å². The Labute approximate surface area is 213 Å². The molecule has 3 aromatic rings. The summed E-state index contributed by atoms with van der Waals surface area (Å²) in [4.78, 5) is 19.6. The van der Waals surface area contributed by atoms with Crippen LogP contribution in [0.5, 0.6) is 5.75 Å². The van der Waals surface area contributed by atoms with Crippen molar-refractivity contribution in [2.75, 3.05) is 32.9 Å². The second kappa shape index (κ2) is 12.4. The predicted molar refractivity (Wildman–Crippen MR) is 132 cm³/mol. The molecule has 0 spiro atoms. The van der Waals surface area contributed by atoms with Crippen LogP contribution in [0.4, 0.5) is 13.2 Å². The van der Waals surface area contributed by atoms with Crippen LogP contribution >= 0.6 is 0 Å². The number of carbonyl (C=O) groups excluding carboxylic acids is 1. The summed E-state index contributed by atoms with van der Waals surface area (Å²) in [6.45, 7) is 2.16. The van der Waals surface area contributed by atoms with E-state index in [0.29, 0.717) is 49.7 Å². The molecule has 37 heavy (non-hydrogen) atoms. The summed E-state index contributed by atoms with van der Waals surface area (Å²) < 4.78 is 49.3. The minimum Gasteiger partial charge on any atom is -0.484 e. The maximum absolute atomic E-state index is 12.8. The Kier molecular flexibility index (Phi) is 8.79. The number of carbonyl (C=O) groups is 1. The fourth-order valence-electron chi connectivity index (χ4n) is 3.74. The third kappa shape index (κ3) is 7.82. The van der Waals surface area contributed by atoms with Crippen LogP contribution in [0.2, 0.25) is 0 Å². The first-order valence-electron chi connectivity index (χ1n) is 11.9. The first-order chi connectivity index (χ1) is 17.9. The van der Waals surface area contributed by atoms with E-state index >= 15 is 0 Å². The second-order valence-corrected chi connectivity index (χ2v) is 8.47. The summed E-state index contributed by atoms with van der Waals surface area (Å²) in [5, 5.41) is 4.30. The van der Waals surface area contributed by atoms with E-state index in [9.17, 15) is 18.0 Å². The maximum Gasteiger partial charge on any atom is 0.416 e. The summed E-state index contributed by atoms with van der Waals surface area (Å²) in [5.74, 6) is 0.463. The van der Waals surface area contributed by atoms with Crippen molar-refractivity contribution in [2.45, 2.75) is 19.2 Å². The zero-order valence-electron chi connectivity index (χ0n) is 20.1. The number of ether oxygens (including phenoxy) is 2. The highest BCUT2D eigenvalue weighted by Crippen LogP contribution is 2.29. The molecule has 1 amide bonds. The van der Waals surface area contributed by atoms with E-state index in [0.717, 1.165) is 23.3 Å². The van der Waals surface area contributed by atoms with Crippen molar-refractivity contribution in [3.63, 3.8) is 0 Å². The minimum atomic E-state index is -4.38. The smallest absolute Gasteiger partial charge is 0.416 e. The average Bonchev–Trinajstić information content (AvgIpc) is 2.92. The van der Waals surface area contributed by atoms with Crippen LogP contribution in [0.3, 0.4) is 0 Å². The Bertz CT molecular complexity index is 1170. The topological polar surface area (TPSA) is 60.4 Å². The van der Waals surface area contributed by atoms with E-state index in [1.807, 2.05) is 42.5 Å². The molecule has 1 aliphatic heterocycles. The number of morpholine rings is 1. The Morgan fingerprint density at radius 2 is 1.57 bits per heavy atom. The molecule has 0 bridgehead atoms. The number of nitrogens with zero attached hydrogens (tertiary/aromatic N) is 2. The number of alkyl halides is 3. The third-order valence-electron chi connectivity index (χ3n) is 5.82. The van der Waals surface area contributed by atoms with Gasteiger partial charge in [-0.3, -0.25) is 4.79 Å². The second-order valence-electron chi connectivity index (χ2n) is 8.47. The van der Waals surface area contributed by atoms with Crippen LogP contribution in [-0.4, -0.2) is 49.4 Å². The van der Waals surface area contributed by atoms with Gasteiger partial charge in [-0.1, -0.05) is 47.6 Å². The zero-order chi connectivity index (χ0) is 26.1. The number of benzene rings is 3. The SMILES string of the molecule is O=C(COc1ccc(C(Cc2ccccc2)=NOCc2ccc(C(F)(F)F)cc2)cc1)N1CCOCC1. The molecule has 9 heteroatoms. The summed E-state index contributed by atoms with van der Waals surface area (Å²) in [6.07, 6.45) is -3.89. The van der Waals surface area contributed by atoms with Crippen LogP contribution in [0, 0.1) is 0 Å². The first-order valence-corrected chi connectivity index (χ1v) is 11.9. The molecule has 0 aliphatic carbocycles. The molecule has 194 valence electrons. The molecule has 6 nitrogen and oxygen atoms in total. The highest BCUT2D eigenvalue weighted by Gasteiger charge is 2.29. The highest BCUT2D eigenvalue weighted by molar-refractivity contribution is 6.01. The third-order valence-corrected chi connectivity index (χ3v) is 5.82. The van der Waals surface area contributed by atoms with Gasteiger partial charge >= 0.3 is 6.18 Å². The number of oxime groups is 1. The predicted octanol–water partition coefficient (Wildman–Crippen LogP) is 5.11. The van der Waals surface area contributed by atoms with Crippen molar-refractivity contribution in [3.8, 4) is 5.75 Å². The number of amides is 1. The summed E-state index contributed by atoms with van der Waals surface area (Å²) >= 11 is 0.